The molecule has 0 saturated heterocycles. The standard InChI is InChI=1S/C12H20N6/c1-9-11(10(2)18(3)17-9)7-13-6-4-5-12-14-8-15-16-12/h8,13H,4-7H2,1-3H3,(H,14,15,16). The van der Waals surface area contributed by atoms with Gasteiger partial charge >= 0.3 is 0 Å². The average Bonchev–Trinajstić information content (AvgIpc) is 2.92. The third-order valence-corrected chi connectivity index (χ3v) is 3.19. The van der Waals surface area contributed by atoms with Crippen LogP contribution in [0.4, 0.5) is 0 Å². The lowest BCUT2D eigenvalue weighted by Crippen LogP contribution is -2.16. The third-order valence-electron chi connectivity index (χ3n) is 3.19. The van der Waals surface area contributed by atoms with Gasteiger partial charge in [0, 0.05) is 31.3 Å². The van der Waals surface area contributed by atoms with E-state index in [1.165, 1.54) is 11.3 Å². The van der Waals surface area contributed by atoms with E-state index >= 15 is 0 Å². The van der Waals surface area contributed by atoms with Gasteiger partial charge in [0.15, 0.2) is 0 Å². The molecule has 0 aliphatic carbocycles. The van der Waals surface area contributed by atoms with Crippen LogP contribution in [0.5, 0.6) is 0 Å². The van der Waals surface area contributed by atoms with Crippen molar-refractivity contribution in [1.82, 2.24) is 30.3 Å². The summed E-state index contributed by atoms with van der Waals surface area (Å²) in [5.74, 6) is 0.950. The largest absolute Gasteiger partial charge is 0.313 e. The van der Waals surface area contributed by atoms with Gasteiger partial charge in [0.2, 0.25) is 0 Å². The van der Waals surface area contributed by atoms with Crippen LogP contribution < -0.4 is 5.32 Å². The summed E-state index contributed by atoms with van der Waals surface area (Å²) in [7, 11) is 1.98. The van der Waals surface area contributed by atoms with Gasteiger partial charge < -0.3 is 5.32 Å². The van der Waals surface area contributed by atoms with Crippen molar-refractivity contribution in [3.63, 3.8) is 0 Å². The van der Waals surface area contributed by atoms with E-state index in [0.29, 0.717) is 0 Å². The highest BCUT2D eigenvalue weighted by molar-refractivity contribution is 5.23. The summed E-state index contributed by atoms with van der Waals surface area (Å²) in [6, 6.07) is 0. The molecule has 0 aliphatic rings. The summed E-state index contributed by atoms with van der Waals surface area (Å²) in [4.78, 5) is 4.10. The maximum absolute atomic E-state index is 4.40. The van der Waals surface area contributed by atoms with E-state index in [4.69, 9.17) is 0 Å². The van der Waals surface area contributed by atoms with Crippen molar-refractivity contribution in [2.75, 3.05) is 6.54 Å². The molecular formula is C12H20N6. The monoisotopic (exact) mass is 248 g/mol. The van der Waals surface area contributed by atoms with Crippen LogP contribution in [0.3, 0.4) is 0 Å². The molecule has 2 aromatic rings. The second-order valence-electron chi connectivity index (χ2n) is 4.49. The fourth-order valence-electron chi connectivity index (χ4n) is 2.02. The fraction of sp³-hybridized carbons (Fsp3) is 0.583. The number of aromatic nitrogens is 5. The van der Waals surface area contributed by atoms with Crippen molar-refractivity contribution in [2.24, 2.45) is 7.05 Å². The number of hydrogen-bond donors (Lipinski definition) is 2. The molecule has 0 fully saturated rings. The van der Waals surface area contributed by atoms with Crippen LogP contribution in [0.2, 0.25) is 0 Å². The highest BCUT2D eigenvalue weighted by atomic mass is 15.3. The molecule has 0 amide bonds. The van der Waals surface area contributed by atoms with Gasteiger partial charge in [-0.2, -0.15) is 10.2 Å². The van der Waals surface area contributed by atoms with Crippen molar-refractivity contribution >= 4 is 0 Å². The molecule has 0 unspecified atom stereocenters. The maximum Gasteiger partial charge on any atom is 0.137 e. The number of H-pyrrole nitrogens is 1. The van der Waals surface area contributed by atoms with E-state index in [-0.39, 0.29) is 0 Å². The second kappa shape index (κ2) is 5.77. The zero-order valence-corrected chi connectivity index (χ0v) is 11.2. The molecule has 2 heterocycles. The van der Waals surface area contributed by atoms with Gasteiger partial charge in [-0.3, -0.25) is 9.78 Å². The second-order valence-corrected chi connectivity index (χ2v) is 4.49. The molecule has 98 valence electrons. The number of rotatable bonds is 6. The first-order chi connectivity index (χ1) is 8.68. The summed E-state index contributed by atoms with van der Waals surface area (Å²) in [5, 5.41) is 14.5. The van der Waals surface area contributed by atoms with E-state index in [1.807, 2.05) is 11.7 Å². The molecule has 0 saturated carbocycles. The molecule has 0 radical (unpaired) electrons. The Hall–Kier alpha value is -1.69. The molecule has 18 heavy (non-hydrogen) atoms. The zero-order chi connectivity index (χ0) is 13.0. The summed E-state index contributed by atoms with van der Waals surface area (Å²) in [5.41, 5.74) is 3.64. The van der Waals surface area contributed by atoms with Gasteiger partial charge in [0.1, 0.15) is 12.2 Å². The van der Waals surface area contributed by atoms with Crippen molar-refractivity contribution in [1.29, 1.82) is 0 Å². The van der Waals surface area contributed by atoms with Crippen LogP contribution in [0.1, 0.15) is 29.2 Å². The lowest BCUT2D eigenvalue weighted by atomic mass is 10.2. The van der Waals surface area contributed by atoms with Crippen molar-refractivity contribution < 1.29 is 0 Å². The first-order valence-electron chi connectivity index (χ1n) is 6.22. The zero-order valence-electron chi connectivity index (χ0n) is 11.2. The summed E-state index contributed by atoms with van der Waals surface area (Å²) in [6.07, 6.45) is 3.52. The minimum absolute atomic E-state index is 0.877. The number of nitrogens with one attached hydrogen (secondary N) is 2. The van der Waals surface area contributed by atoms with Crippen LogP contribution in [0.25, 0.3) is 0 Å². The van der Waals surface area contributed by atoms with E-state index in [0.717, 1.165) is 37.4 Å². The molecule has 2 aromatic heterocycles. The Labute approximate surface area is 107 Å². The topological polar surface area (TPSA) is 71.4 Å². The summed E-state index contributed by atoms with van der Waals surface area (Å²) in [6.45, 7) is 6.00. The molecule has 2 rings (SSSR count). The van der Waals surface area contributed by atoms with Crippen molar-refractivity contribution in [2.45, 2.75) is 33.2 Å². The number of aryl methyl sites for hydroxylation is 3. The Bertz CT molecular complexity index is 485. The lowest BCUT2D eigenvalue weighted by molar-refractivity contribution is 0.635. The minimum atomic E-state index is 0.877. The fourth-order valence-corrected chi connectivity index (χ4v) is 2.02. The van der Waals surface area contributed by atoms with Gasteiger partial charge in [0.05, 0.1) is 5.69 Å². The van der Waals surface area contributed by atoms with Crippen LogP contribution in [-0.2, 0) is 20.0 Å². The molecule has 0 aromatic carbocycles. The highest BCUT2D eigenvalue weighted by Crippen LogP contribution is 2.10. The highest BCUT2D eigenvalue weighted by Gasteiger charge is 2.08. The normalized spacial score (nSPS) is 11.1. The smallest absolute Gasteiger partial charge is 0.137 e. The number of aromatic amines is 1. The molecule has 6 nitrogen and oxygen atoms in total. The summed E-state index contributed by atoms with van der Waals surface area (Å²) < 4.78 is 1.93. The molecule has 0 aliphatic heterocycles. The van der Waals surface area contributed by atoms with Gasteiger partial charge in [-0.05, 0) is 26.8 Å². The maximum atomic E-state index is 4.40. The van der Waals surface area contributed by atoms with E-state index in [9.17, 15) is 0 Å². The number of nitrogens with zero attached hydrogens (tertiary/aromatic N) is 4. The lowest BCUT2D eigenvalue weighted by Gasteiger charge is -2.04. The molecule has 2 N–H and O–H groups in total. The quantitative estimate of drug-likeness (QED) is 0.744. The Balaban J connectivity index is 1.72. The van der Waals surface area contributed by atoms with Gasteiger partial charge in [0.25, 0.3) is 0 Å². The Kier molecular flexibility index (Phi) is 4.09. The van der Waals surface area contributed by atoms with Gasteiger partial charge in [-0.1, -0.05) is 0 Å². The van der Waals surface area contributed by atoms with Crippen LogP contribution in [-0.4, -0.2) is 31.5 Å². The molecule has 6 heteroatoms. The van der Waals surface area contributed by atoms with Crippen molar-refractivity contribution in [3.8, 4) is 0 Å². The van der Waals surface area contributed by atoms with Crippen LogP contribution >= 0.6 is 0 Å². The van der Waals surface area contributed by atoms with Gasteiger partial charge in [-0.25, -0.2) is 4.98 Å². The summed E-state index contributed by atoms with van der Waals surface area (Å²) >= 11 is 0. The third kappa shape index (κ3) is 2.95. The first-order valence-corrected chi connectivity index (χ1v) is 6.22. The minimum Gasteiger partial charge on any atom is -0.313 e. The Morgan fingerprint density at radius 2 is 2.22 bits per heavy atom. The average molecular weight is 248 g/mol. The molecular weight excluding hydrogens is 228 g/mol. The Morgan fingerprint density at radius 3 is 2.83 bits per heavy atom. The van der Waals surface area contributed by atoms with Crippen LogP contribution in [0.15, 0.2) is 6.33 Å². The predicted molar refractivity (Wildman–Crippen MR) is 69.1 cm³/mol. The number of hydrogen-bond acceptors (Lipinski definition) is 4. The van der Waals surface area contributed by atoms with E-state index < -0.39 is 0 Å². The van der Waals surface area contributed by atoms with Gasteiger partial charge in [-0.15, -0.1) is 0 Å². The molecule has 0 atom stereocenters. The van der Waals surface area contributed by atoms with E-state index in [2.05, 4.69) is 39.4 Å². The van der Waals surface area contributed by atoms with E-state index in [1.54, 1.807) is 6.33 Å². The molecule has 0 spiro atoms. The Morgan fingerprint density at radius 1 is 1.39 bits per heavy atom. The molecule has 0 bridgehead atoms. The van der Waals surface area contributed by atoms with Crippen LogP contribution in [0, 0.1) is 13.8 Å². The first kappa shape index (κ1) is 12.8. The predicted octanol–water partition coefficient (Wildman–Crippen LogP) is 0.877. The van der Waals surface area contributed by atoms with Crippen molar-refractivity contribution in [3.05, 3.63) is 29.1 Å². The SMILES string of the molecule is Cc1nn(C)c(C)c1CNCCCc1ncn[nH]1.